The molecule has 1 heterocycles. The molecule has 0 radical (unpaired) electrons. The zero-order valence-corrected chi connectivity index (χ0v) is 11.4. The molecule has 1 saturated heterocycles. The zero-order chi connectivity index (χ0) is 12.8. The van der Waals surface area contributed by atoms with Crippen molar-refractivity contribution in [3.8, 4) is 0 Å². The van der Waals surface area contributed by atoms with E-state index in [2.05, 4.69) is 11.9 Å². The van der Waals surface area contributed by atoms with Gasteiger partial charge in [0.2, 0.25) is 0 Å². The number of urea groups is 1. The molecular weight excluding hydrogens is 216 g/mol. The van der Waals surface area contributed by atoms with E-state index in [-0.39, 0.29) is 6.03 Å². The van der Waals surface area contributed by atoms with Gasteiger partial charge in [0.25, 0.3) is 0 Å². The molecular formula is C12H26N4O. The van der Waals surface area contributed by atoms with Crippen molar-refractivity contribution >= 4 is 6.03 Å². The first kappa shape index (κ1) is 14.3. The number of hydrogen-bond acceptors (Lipinski definition) is 3. The summed E-state index contributed by atoms with van der Waals surface area (Å²) in [4.78, 5) is 17.7. The van der Waals surface area contributed by atoms with Gasteiger partial charge in [-0.25, -0.2) is 4.79 Å². The van der Waals surface area contributed by atoms with E-state index in [1.54, 1.807) is 4.90 Å². The third-order valence-corrected chi connectivity index (χ3v) is 3.46. The summed E-state index contributed by atoms with van der Waals surface area (Å²) < 4.78 is 0. The number of hydrogen-bond donors (Lipinski definition) is 1. The van der Waals surface area contributed by atoms with E-state index >= 15 is 0 Å². The summed E-state index contributed by atoms with van der Waals surface area (Å²) in [6.07, 6.45) is 3.19. The zero-order valence-electron chi connectivity index (χ0n) is 11.4. The van der Waals surface area contributed by atoms with Crippen LogP contribution in [0.2, 0.25) is 0 Å². The molecule has 0 unspecified atom stereocenters. The second kappa shape index (κ2) is 6.81. The molecule has 0 aromatic carbocycles. The normalized spacial score (nSPS) is 17.6. The summed E-state index contributed by atoms with van der Waals surface area (Å²) in [5.41, 5.74) is 5.52. The molecule has 17 heavy (non-hydrogen) atoms. The summed E-state index contributed by atoms with van der Waals surface area (Å²) in [6, 6.07) is 0.737. The van der Waals surface area contributed by atoms with Gasteiger partial charge in [-0.15, -0.1) is 0 Å². The van der Waals surface area contributed by atoms with Crippen LogP contribution in [0.25, 0.3) is 0 Å². The van der Waals surface area contributed by atoms with Gasteiger partial charge in [-0.05, 0) is 39.4 Å². The fourth-order valence-electron chi connectivity index (χ4n) is 2.30. The lowest BCUT2D eigenvalue weighted by atomic mass is 10.0. The van der Waals surface area contributed by atoms with Gasteiger partial charge < -0.3 is 20.4 Å². The maximum absolute atomic E-state index is 11.8. The highest BCUT2D eigenvalue weighted by Crippen LogP contribution is 2.16. The van der Waals surface area contributed by atoms with Gasteiger partial charge in [0.05, 0.1) is 0 Å². The number of piperidine rings is 1. The van der Waals surface area contributed by atoms with E-state index in [1.807, 2.05) is 19.0 Å². The SMILES string of the molecule is CN(C)C(=O)N1CCC(N(C)CCCN)CC1. The van der Waals surface area contributed by atoms with Crippen LogP contribution in [0.4, 0.5) is 4.79 Å². The van der Waals surface area contributed by atoms with E-state index in [9.17, 15) is 4.79 Å². The van der Waals surface area contributed by atoms with Crippen molar-refractivity contribution in [2.24, 2.45) is 5.73 Å². The minimum absolute atomic E-state index is 0.132. The van der Waals surface area contributed by atoms with Gasteiger partial charge in [-0.3, -0.25) is 0 Å². The smallest absolute Gasteiger partial charge is 0.319 e. The Kier molecular flexibility index (Phi) is 5.71. The van der Waals surface area contributed by atoms with Crippen molar-refractivity contribution in [2.45, 2.75) is 25.3 Å². The highest BCUT2D eigenvalue weighted by Gasteiger charge is 2.25. The Morgan fingerprint density at radius 3 is 2.35 bits per heavy atom. The van der Waals surface area contributed by atoms with Gasteiger partial charge in [0.1, 0.15) is 0 Å². The monoisotopic (exact) mass is 242 g/mol. The first-order chi connectivity index (χ1) is 8.06. The second-order valence-corrected chi connectivity index (χ2v) is 5.02. The lowest BCUT2D eigenvalue weighted by molar-refractivity contribution is 0.121. The molecule has 0 spiro atoms. The van der Waals surface area contributed by atoms with Crippen LogP contribution < -0.4 is 5.73 Å². The Balaban J connectivity index is 2.32. The predicted molar refractivity (Wildman–Crippen MR) is 70.0 cm³/mol. The standard InChI is InChI=1S/C12H26N4O/c1-14(2)12(17)16-9-5-11(6-10-16)15(3)8-4-7-13/h11H,4-10,13H2,1-3H3. The van der Waals surface area contributed by atoms with E-state index in [0.717, 1.165) is 45.4 Å². The second-order valence-electron chi connectivity index (χ2n) is 5.02. The first-order valence-electron chi connectivity index (χ1n) is 6.42. The molecule has 2 amide bonds. The summed E-state index contributed by atoms with van der Waals surface area (Å²) in [7, 11) is 5.77. The van der Waals surface area contributed by atoms with E-state index in [4.69, 9.17) is 5.73 Å². The molecule has 5 heteroatoms. The largest absolute Gasteiger partial charge is 0.331 e. The molecule has 0 bridgehead atoms. The molecule has 1 aliphatic rings. The summed E-state index contributed by atoms with van der Waals surface area (Å²) in [6.45, 7) is 3.55. The number of rotatable bonds is 4. The Morgan fingerprint density at radius 1 is 1.29 bits per heavy atom. The Hall–Kier alpha value is -0.810. The number of amides is 2. The molecule has 2 N–H and O–H groups in total. The molecule has 0 aliphatic carbocycles. The van der Waals surface area contributed by atoms with Crippen LogP contribution in [0.5, 0.6) is 0 Å². The molecule has 1 fully saturated rings. The number of carbonyl (C=O) groups is 1. The fourth-order valence-corrected chi connectivity index (χ4v) is 2.30. The van der Waals surface area contributed by atoms with Gasteiger partial charge in [0.15, 0.2) is 0 Å². The minimum Gasteiger partial charge on any atom is -0.331 e. The molecule has 1 aliphatic heterocycles. The molecule has 5 nitrogen and oxygen atoms in total. The highest BCUT2D eigenvalue weighted by molar-refractivity contribution is 5.73. The van der Waals surface area contributed by atoms with Crippen LogP contribution in [0, 0.1) is 0 Å². The van der Waals surface area contributed by atoms with Crippen LogP contribution >= 0.6 is 0 Å². The number of carbonyl (C=O) groups excluding carboxylic acids is 1. The minimum atomic E-state index is 0.132. The van der Waals surface area contributed by atoms with Gasteiger partial charge in [-0.2, -0.15) is 0 Å². The average Bonchev–Trinajstić information content (AvgIpc) is 2.35. The number of nitrogens with two attached hydrogens (primary N) is 1. The quantitative estimate of drug-likeness (QED) is 0.777. The third kappa shape index (κ3) is 4.16. The Morgan fingerprint density at radius 2 is 1.88 bits per heavy atom. The Labute approximate surface area is 105 Å². The molecule has 0 aromatic heterocycles. The van der Waals surface area contributed by atoms with E-state index in [0.29, 0.717) is 6.04 Å². The maximum atomic E-state index is 11.8. The van der Waals surface area contributed by atoms with E-state index in [1.165, 1.54) is 0 Å². The third-order valence-electron chi connectivity index (χ3n) is 3.46. The van der Waals surface area contributed by atoms with Crippen LogP contribution in [0.3, 0.4) is 0 Å². The molecule has 0 aromatic rings. The average molecular weight is 242 g/mol. The van der Waals surface area contributed by atoms with Gasteiger partial charge in [-0.1, -0.05) is 0 Å². The van der Waals surface area contributed by atoms with Crippen molar-refractivity contribution in [3.05, 3.63) is 0 Å². The van der Waals surface area contributed by atoms with Crippen LogP contribution in [0.1, 0.15) is 19.3 Å². The summed E-state index contributed by atoms with van der Waals surface area (Å²) in [5.74, 6) is 0. The van der Waals surface area contributed by atoms with Crippen molar-refractivity contribution in [1.29, 1.82) is 0 Å². The molecule has 100 valence electrons. The predicted octanol–water partition coefficient (Wildman–Crippen LogP) is 0.413. The summed E-state index contributed by atoms with van der Waals surface area (Å²) >= 11 is 0. The van der Waals surface area contributed by atoms with Crippen molar-refractivity contribution in [3.63, 3.8) is 0 Å². The summed E-state index contributed by atoms with van der Waals surface area (Å²) in [5, 5.41) is 0. The van der Waals surface area contributed by atoms with Crippen LogP contribution in [-0.2, 0) is 0 Å². The lowest BCUT2D eigenvalue weighted by Crippen LogP contribution is -2.48. The van der Waals surface area contributed by atoms with Gasteiger partial charge in [0, 0.05) is 33.2 Å². The van der Waals surface area contributed by atoms with Crippen LogP contribution in [0.15, 0.2) is 0 Å². The number of nitrogens with zero attached hydrogens (tertiary/aromatic N) is 3. The molecule has 0 saturated carbocycles. The van der Waals surface area contributed by atoms with Crippen LogP contribution in [-0.4, -0.2) is 74.1 Å². The van der Waals surface area contributed by atoms with Gasteiger partial charge >= 0.3 is 6.03 Å². The molecule has 0 atom stereocenters. The highest BCUT2D eigenvalue weighted by atomic mass is 16.2. The maximum Gasteiger partial charge on any atom is 0.319 e. The topological polar surface area (TPSA) is 52.8 Å². The first-order valence-corrected chi connectivity index (χ1v) is 6.42. The number of likely N-dealkylation sites (tertiary alicyclic amines) is 1. The fraction of sp³-hybridized carbons (Fsp3) is 0.917. The molecule has 1 rings (SSSR count). The van der Waals surface area contributed by atoms with Crippen molar-refractivity contribution in [1.82, 2.24) is 14.7 Å². The van der Waals surface area contributed by atoms with Crippen molar-refractivity contribution in [2.75, 3.05) is 47.3 Å². The Bertz CT molecular complexity index is 237. The lowest BCUT2D eigenvalue weighted by Gasteiger charge is -2.37. The van der Waals surface area contributed by atoms with E-state index < -0.39 is 0 Å². The van der Waals surface area contributed by atoms with Crippen molar-refractivity contribution < 1.29 is 4.79 Å².